The Morgan fingerprint density at radius 2 is 2.11 bits per heavy atom. The zero-order valence-electron chi connectivity index (χ0n) is 16.4. The first-order valence-electron chi connectivity index (χ1n) is 9.84. The van der Waals surface area contributed by atoms with Gasteiger partial charge in [-0.3, -0.25) is 14.6 Å². The number of carbonyl (C=O) groups is 2. The number of amides is 2. The molecule has 2 amide bonds. The number of hydrogen-bond donors (Lipinski definition) is 1. The Kier molecular flexibility index (Phi) is 6.73. The monoisotopic (exact) mass is 385 g/mol. The third-order valence-corrected chi connectivity index (χ3v) is 4.89. The van der Waals surface area contributed by atoms with Gasteiger partial charge in [0, 0.05) is 50.3 Å². The van der Waals surface area contributed by atoms with E-state index < -0.39 is 0 Å². The maximum atomic E-state index is 12.4. The van der Waals surface area contributed by atoms with Gasteiger partial charge in [-0.15, -0.1) is 0 Å². The summed E-state index contributed by atoms with van der Waals surface area (Å²) in [5.41, 5.74) is 0.558. The fourth-order valence-electron chi connectivity index (χ4n) is 3.19. The van der Waals surface area contributed by atoms with E-state index in [1.807, 2.05) is 18.7 Å². The van der Waals surface area contributed by atoms with E-state index in [1.54, 1.807) is 24.5 Å². The van der Waals surface area contributed by atoms with Crippen LogP contribution in [0.5, 0.6) is 0 Å². The molecule has 0 atom stereocenters. The van der Waals surface area contributed by atoms with Gasteiger partial charge in [-0.25, -0.2) is 0 Å². The molecule has 8 heteroatoms. The minimum atomic E-state index is -0.113. The molecule has 1 saturated heterocycles. The van der Waals surface area contributed by atoms with E-state index in [9.17, 15) is 9.59 Å². The van der Waals surface area contributed by atoms with E-state index in [4.69, 9.17) is 4.52 Å². The van der Waals surface area contributed by atoms with Crippen molar-refractivity contribution < 1.29 is 14.1 Å². The fraction of sp³-hybridized carbons (Fsp3) is 0.550. The number of piperidine rings is 1. The van der Waals surface area contributed by atoms with Crippen molar-refractivity contribution in [2.75, 3.05) is 13.1 Å². The highest BCUT2D eigenvalue weighted by molar-refractivity contribution is 5.94. The van der Waals surface area contributed by atoms with Crippen LogP contribution in [0.25, 0.3) is 0 Å². The van der Waals surface area contributed by atoms with E-state index >= 15 is 0 Å². The van der Waals surface area contributed by atoms with Gasteiger partial charge in [0.05, 0.1) is 5.56 Å². The van der Waals surface area contributed by atoms with Crippen molar-refractivity contribution in [3.63, 3.8) is 0 Å². The predicted molar refractivity (Wildman–Crippen MR) is 103 cm³/mol. The highest BCUT2D eigenvalue weighted by Crippen LogP contribution is 2.15. The van der Waals surface area contributed by atoms with E-state index in [1.165, 1.54) is 0 Å². The van der Waals surface area contributed by atoms with Crippen LogP contribution in [0.4, 0.5) is 0 Å². The van der Waals surface area contributed by atoms with Gasteiger partial charge in [0.2, 0.25) is 11.8 Å². The lowest BCUT2D eigenvalue weighted by Crippen LogP contribution is -2.46. The molecule has 1 fully saturated rings. The van der Waals surface area contributed by atoms with Gasteiger partial charge in [-0.05, 0) is 31.4 Å². The molecule has 0 unspecified atom stereocenters. The summed E-state index contributed by atoms with van der Waals surface area (Å²) in [5.74, 6) is 1.56. The van der Waals surface area contributed by atoms with Crippen LogP contribution >= 0.6 is 0 Å². The van der Waals surface area contributed by atoms with Gasteiger partial charge in [0.25, 0.3) is 5.91 Å². The van der Waals surface area contributed by atoms with Crippen LogP contribution < -0.4 is 5.32 Å². The molecule has 28 heavy (non-hydrogen) atoms. The van der Waals surface area contributed by atoms with Crippen LogP contribution in [0.2, 0.25) is 0 Å². The van der Waals surface area contributed by atoms with Gasteiger partial charge >= 0.3 is 0 Å². The smallest absolute Gasteiger partial charge is 0.253 e. The second-order valence-corrected chi connectivity index (χ2v) is 7.42. The molecular formula is C20H27N5O3. The molecule has 2 aromatic rings. The van der Waals surface area contributed by atoms with Crippen molar-refractivity contribution in [3.05, 3.63) is 41.8 Å². The van der Waals surface area contributed by atoms with Crippen molar-refractivity contribution >= 4 is 11.8 Å². The molecule has 0 aromatic carbocycles. The second kappa shape index (κ2) is 9.43. The third kappa shape index (κ3) is 5.37. The summed E-state index contributed by atoms with van der Waals surface area (Å²) in [7, 11) is 0. The number of pyridine rings is 1. The van der Waals surface area contributed by atoms with Crippen LogP contribution in [0.3, 0.4) is 0 Å². The van der Waals surface area contributed by atoms with Gasteiger partial charge in [0.1, 0.15) is 0 Å². The molecule has 0 bridgehead atoms. The number of nitrogens with one attached hydrogen (secondary N) is 1. The molecular weight excluding hydrogens is 358 g/mol. The van der Waals surface area contributed by atoms with Gasteiger partial charge in [-0.2, -0.15) is 4.98 Å². The SMILES string of the molecule is CC(C)c1noc(CCCC(=O)N2CCC(NC(=O)c3cccnc3)CC2)n1. The molecule has 1 aliphatic heterocycles. The van der Waals surface area contributed by atoms with Crippen LogP contribution in [0.15, 0.2) is 29.0 Å². The summed E-state index contributed by atoms with van der Waals surface area (Å²) >= 11 is 0. The lowest BCUT2D eigenvalue weighted by molar-refractivity contribution is -0.132. The maximum absolute atomic E-state index is 12.4. The third-order valence-electron chi connectivity index (χ3n) is 4.89. The van der Waals surface area contributed by atoms with E-state index in [0.29, 0.717) is 49.6 Å². The number of likely N-dealkylation sites (tertiary alicyclic amines) is 1. The van der Waals surface area contributed by atoms with E-state index in [0.717, 1.165) is 12.8 Å². The summed E-state index contributed by atoms with van der Waals surface area (Å²) in [6.45, 7) is 5.35. The highest BCUT2D eigenvalue weighted by Gasteiger charge is 2.24. The molecule has 0 saturated carbocycles. The molecule has 1 aliphatic rings. The quantitative estimate of drug-likeness (QED) is 0.785. The molecule has 150 valence electrons. The van der Waals surface area contributed by atoms with Gasteiger partial charge in [0.15, 0.2) is 5.82 Å². The predicted octanol–water partition coefficient (Wildman–Crippen LogP) is 2.33. The molecule has 1 N–H and O–H groups in total. The normalized spacial score (nSPS) is 15.0. The first-order chi connectivity index (χ1) is 13.5. The van der Waals surface area contributed by atoms with Crippen molar-refractivity contribution in [1.29, 1.82) is 0 Å². The van der Waals surface area contributed by atoms with Crippen molar-refractivity contribution in [1.82, 2.24) is 25.3 Å². The summed E-state index contributed by atoms with van der Waals surface area (Å²) in [6, 6.07) is 3.58. The average Bonchev–Trinajstić information content (AvgIpc) is 3.18. The number of nitrogens with zero attached hydrogens (tertiary/aromatic N) is 4. The zero-order valence-corrected chi connectivity index (χ0v) is 16.4. The highest BCUT2D eigenvalue weighted by atomic mass is 16.5. The molecule has 8 nitrogen and oxygen atoms in total. The van der Waals surface area contributed by atoms with Crippen LogP contribution in [-0.2, 0) is 11.2 Å². The molecule has 0 aliphatic carbocycles. The van der Waals surface area contributed by atoms with E-state index in [-0.39, 0.29) is 23.8 Å². The standard InChI is InChI=1S/C20H27N5O3/c1-14(2)19-23-17(28-24-19)6-3-7-18(26)25-11-8-16(9-12-25)22-20(27)15-5-4-10-21-13-15/h4-5,10,13-14,16H,3,6-9,11-12H2,1-2H3,(H,22,27). The Hall–Kier alpha value is -2.77. The minimum Gasteiger partial charge on any atom is -0.349 e. The molecule has 0 spiro atoms. The van der Waals surface area contributed by atoms with Crippen molar-refractivity contribution in [2.45, 2.75) is 57.9 Å². The maximum Gasteiger partial charge on any atom is 0.253 e. The summed E-state index contributed by atoms with van der Waals surface area (Å²) in [4.78, 5) is 34.8. The van der Waals surface area contributed by atoms with Gasteiger partial charge in [-0.1, -0.05) is 19.0 Å². The largest absolute Gasteiger partial charge is 0.349 e. The first-order valence-corrected chi connectivity index (χ1v) is 9.84. The Balaban J connectivity index is 1.37. The molecule has 2 aromatic heterocycles. The topological polar surface area (TPSA) is 101 Å². The number of hydrogen-bond acceptors (Lipinski definition) is 6. The second-order valence-electron chi connectivity index (χ2n) is 7.42. The fourth-order valence-corrected chi connectivity index (χ4v) is 3.19. The summed E-state index contributed by atoms with van der Waals surface area (Å²) < 4.78 is 5.21. The van der Waals surface area contributed by atoms with Crippen LogP contribution in [0.1, 0.15) is 67.5 Å². The Morgan fingerprint density at radius 1 is 1.32 bits per heavy atom. The van der Waals surface area contributed by atoms with Crippen molar-refractivity contribution in [2.24, 2.45) is 0 Å². The summed E-state index contributed by atoms with van der Waals surface area (Å²) in [5, 5.41) is 6.96. The summed E-state index contributed by atoms with van der Waals surface area (Å²) in [6.07, 6.45) is 6.49. The lowest BCUT2D eigenvalue weighted by atomic mass is 10.0. The van der Waals surface area contributed by atoms with Gasteiger partial charge < -0.3 is 14.7 Å². The lowest BCUT2D eigenvalue weighted by Gasteiger charge is -2.32. The Bertz CT molecular complexity index is 782. The molecule has 3 rings (SSSR count). The first kappa shape index (κ1) is 20.0. The number of carbonyl (C=O) groups excluding carboxylic acids is 2. The van der Waals surface area contributed by atoms with E-state index in [2.05, 4.69) is 20.4 Å². The molecule has 0 radical (unpaired) electrons. The molecule has 3 heterocycles. The minimum absolute atomic E-state index is 0.0876. The van der Waals surface area contributed by atoms with Crippen molar-refractivity contribution in [3.8, 4) is 0 Å². The number of aromatic nitrogens is 3. The van der Waals surface area contributed by atoms with Crippen LogP contribution in [-0.4, -0.2) is 51.0 Å². The number of rotatable bonds is 7. The average molecular weight is 385 g/mol. The zero-order chi connectivity index (χ0) is 19.9. The Labute approximate surface area is 164 Å². The number of aryl methyl sites for hydroxylation is 1. The Morgan fingerprint density at radius 3 is 2.75 bits per heavy atom. The van der Waals surface area contributed by atoms with Crippen LogP contribution in [0, 0.1) is 0 Å².